The molecule has 0 spiro atoms. The second-order valence-electron chi connectivity index (χ2n) is 1.89. The zero-order valence-corrected chi connectivity index (χ0v) is 6.91. The van der Waals surface area contributed by atoms with Gasteiger partial charge >= 0.3 is 0 Å². The summed E-state index contributed by atoms with van der Waals surface area (Å²) in [7, 11) is 0. The van der Waals surface area contributed by atoms with Crippen molar-refractivity contribution in [3.8, 4) is 6.07 Å². The van der Waals surface area contributed by atoms with Gasteiger partial charge in [-0.1, -0.05) is 18.2 Å². The van der Waals surface area contributed by atoms with Gasteiger partial charge in [0.15, 0.2) is 11.0 Å². The number of nitriles is 1. The second-order valence-corrected chi connectivity index (χ2v) is 2.24. The van der Waals surface area contributed by atoms with Crippen LogP contribution in [0.2, 0.25) is 5.15 Å². The van der Waals surface area contributed by atoms with Crippen molar-refractivity contribution in [2.24, 2.45) is 4.99 Å². The maximum Gasteiger partial charge on any atom is 0.173 e. The maximum absolute atomic E-state index is 8.63. The molecule has 0 bridgehead atoms. The average molecular weight is 181 g/mol. The van der Waals surface area contributed by atoms with Crippen LogP contribution in [-0.2, 0) is 0 Å². The first kappa shape index (κ1) is 8.50. The van der Waals surface area contributed by atoms with Crippen molar-refractivity contribution in [3.05, 3.63) is 17.3 Å². The number of rotatable bonds is 2. The quantitative estimate of drug-likeness (QED) is 0.652. The van der Waals surface area contributed by atoms with Gasteiger partial charge in [0.1, 0.15) is 11.6 Å². The van der Waals surface area contributed by atoms with Gasteiger partial charge in [-0.15, -0.1) is 0 Å². The summed E-state index contributed by atoms with van der Waals surface area (Å²) in [6.07, 6.45) is 1.40. The Morgan fingerprint density at radius 1 is 1.75 bits per heavy atom. The second kappa shape index (κ2) is 3.20. The molecule has 0 saturated heterocycles. The molecule has 1 rings (SSSR count). The molecule has 0 aliphatic heterocycles. The number of hydrogen-bond donors (Lipinski definition) is 0. The van der Waals surface area contributed by atoms with Crippen LogP contribution in [-0.4, -0.2) is 16.5 Å². The van der Waals surface area contributed by atoms with Crippen molar-refractivity contribution in [3.63, 3.8) is 0 Å². The molecule has 0 saturated carbocycles. The molecule has 0 aliphatic carbocycles. The van der Waals surface area contributed by atoms with E-state index in [4.69, 9.17) is 16.9 Å². The summed E-state index contributed by atoms with van der Waals surface area (Å²) >= 11 is 5.62. The van der Waals surface area contributed by atoms with Gasteiger partial charge in [-0.2, -0.15) is 10.4 Å². The Bertz CT molecular complexity index is 371. The van der Waals surface area contributed by atoms with Crippen LogP contribution in [0.25, 0.3) is 6.20 Å². The Morgan fingerprint density at radius 3 is 2.83 bits per heavy atom. The summed E-state index contributed by atoms with van der Waals surface area (Å²) in [6, 6.07) is 1.87. The molecule has 1 aromatic heterocycles. The van der Waals surface area contributed by atoms with Crippen LogP contribution in [0.15, 0.2) is 11.6 Å². The van der Waals surface area contributed by atoms with E-state index in [0.29, 0.717) is 5.82 Å². The van der Waals surface area contributed by atoms with E-state index >= 15 is 0 Å². The molecule has 0 aromatic carbocycles. The summed E-state index contributed by atoms with van der Waals surface area (Å²) < 4.78 is 1.30. The Kier molecular flexibility index (Phi) is 2.26. The van der Waals surface area contributed by atoms with Crippen molar-refractivity contribution in [2.75, 3.05) is 0 Å². The van der Waals surface area contributed by atoms with Crippen LogP contribution in [0.5, 0.6) is 0 Å². The lowest BCUT2D eigenvalue weighted by Gasteiger charge is -1.91. The van der Waals surface area contributed by atoms with Crippen LogP contribution in [0.3, 0.4) is 0 Å². The van der Waals surface area contributed by atoms with E-state index in [1.54, 1.807) is 0 Å². The predicted octanol–water partition coefficient (Wildman–Crippen LogP) is 1.84. The summed E-state index contributed by atoms with van der Waals surface area (Å²) in [4.78, 5) is 3.61. The molecule has 0 atom stereocenters. The van der Waals surface area contributed by atoms with Crippen LogP contribution >= 0.6 is 11.6 Å². The molecule has 60 valence electrons. The van der Waals surface area contributed by atoms with Gasteiger partial charge in [-0.25, -0.2) is 9.67 Å². The first-order chi connectivity index (χ1) is 5.74. The topological polar surface area (TPSA) is 54.0 Å². The van der Waals surface area contributed by atoms with Gasteiger partial charge in [0.05, 0.1) is 0 Å². The number of nitrogens with zero attached hydrogens (tertiary/aromatic N) is 4. The van der Waals surface area contributed by atoms with Crippen LogP contribution in [0, 0.1) is 11.3 Å². The molecule has 0 radical (unpaired) electrons. The molecule has 4 nitrogen and oxygen atoms in total. The Labute approximate surface area is 74.4 Å². The van der Waals surface area contributed by atoms with Crippen molar-refractivity contribution >= 4 is 30.3 Å². The molecular formula is C7H5ClN4. The zero-order chi connectivity index (χ0) is 9.14. The van der Waals surface area contributed by atoms with Crippen molar-refractivity contribution in [1.82, 2.24) is 9.78 Å². The number of hydrogen-bond acceptors (Lipinski definition) is 3. The Morgan fingerprint density at radius 2 is 2.42 bits per heavy atom. The van der Waals surface area contributed by atoms with Crippen molar-refractivity contribution in [1.29, 1.82) is 5.26 Å². The molecule has 1 aromatic rings. The van der Waals surface area contributed by atoms with Gasteiger partial charge < -0.3 is 0 Å². The van der Waals surface area contributed by atoms with Gasteiger partial charge in [0.25, 0.3) is 0 Å². The zero-order valence-electron chi connectivity index (χ0n) is 6.16. The summed E-state index contributed by atoms with van der Waals surface area (Å²) in [5.41, 5.74) is 0.214. The summed E-state index contributed by atoms with van der Waals surface area (Å²) in [5.74, 6) is 0.317. The Hall–Kier alpha value is -1.60. The van der Waals surface area contributed by atoms with Gasteiger partial charge in [0.2, 0.25) is 0 Å². The molecular weight excluding hydrogens is 176 g/mol. The van der Waals surface area contributed by atoms with Crippen molar-refractivity contribution in [2.45, 2.75) is 0 Å². The minimum atomic E-state index is 0.111. The third-order valence-corrected chi connectivity index (χ3v) is 1.54. The highest BCUT2D eigenvalue weighted by Crippen LogP contribution is 2.25. The normalized spacial score (nSPS) is 9.00. The fraction of sp³-hybridized carbons (Fsp3) is 0. The summed E-state index contributed by atoms with van der Waals surface area (Å²) in [5, 5.41) is 12.5. The lowest BCUT2D eigenvalue weighted by atomic mass is 10.4. The van der Waals surface area contributed by atoms with E-state index < -0.39 is 0 Å². The Balaban J connectivity index is 3.47. The third kappa shape index (κ3) is 1.11. The largest absolute Gasteiger partial charge is 0.244 e. The summed E-state index contributed by atoms with van der Waals surface area (Å²) in [6.45, 7) is 6.77. The minimum absolute atomic E-state index is 0.111. The standard InChI is InChI=1S/C7H5ClN4/c1-3-12-7(10-2)5(4-9)6(8)11-12/h3H,1-2H2. The first-order valence-electron chi connectivity index (χ1n) is 3.02. The van der Waals surface area contributed by atoms with Gasteiger partial charge in [-0.3, -0.25) is 0 Å². The molecule has 1 heterocycles. The smallest absolute Gasteiger partial charge is 0.173 e. The molecule has 0 aliphatic rings. The van der Waals surface area contributed by atoms with Crippen LogP contribution in [0.1, 0.15) is 5.56 Å². The average Bonchev–Trinajstić information content (AvgIpc) is 2.40. The highest BCUT2D eigenvalue weighted by Gasteiger charge is 2.12. The number of aromatic nitrogens is 2. The lowest BCUT2D eigenvalue weighted by Crippen LogP contribution is -1.85. The highest BCUT2D eigenvalue weighted by molar-refractivity contribution is 6.31. The monoisotopic (exact) mass is 180 g/mol. The van der Waals surface area contributed by atoms with Gasteiger partial charge in [0, 0.05) is 6.20 Å². The van der Waals surface area contributed by atoms with Crippen LogP contribution in [0.4, 0.5) is 5.82 Å². The van der Waals surface area contributed by atoms with Crippen LogP contribution < -0.4 is 0 Å². The van der Waals surface area contributed by atoms with E-state index in [9.17, 15) is 0 Å². The fourth-order valence-corrected chi connectivity index (χ4v) is 0.982. The van der Waals surface area contributed by atoms with E-state index in [1.807, 2.05) is 6.07 Å². The van der Waals surface area contributed by atoms with E-state index in [0.717, 1.165) is 0 Å². The minimum Gasteiger partial charge on any atom is -0.244 e. The first-order valence-corrected chi connectivity index (χ1v) is 3.39. The van der Waals surface area contributed by atoms with E-state index in [2.05, 4.69) is 23.4 Å². The predicted molar refractivity (Wildman–Crippen MR) is 47.5 cm³/mol. The van der Waals surface area contributed by atoms with E-state index in [1.165, 1.54) is 10.9 Å². The SMILES string of the molecule is C=Cn1nc(Cl)c(C#N)c1N=C. The highest BCUT2D eigenvalue weighted by atomic mass is 35.5. The van der Waals surface area contributed by atoms with E-state index in [-0.39, 0.29) is 10.7 Å². The van der Waals surface area contributed by atoms with Gasteiger partial charge in [-0.05, 0) is 6.72 Å². The molecule has 0 fully saturated rings. The molecule has 0 N–H and O–H groups in total. The van der Waals surface area contributed by atoms with Crippen molar-refractivity contribution < 1.29 is 0 Å². The number of halogens is 1. The molecule has 5 heteroatoms. The molecule has 0 amide bonds. The molecule has 12 heavy (non-hydrogen) atoms. The number of aliphatic imine (C=N–C) groups is 1. The third-order valence-electron chi connectivity index (χ3n) is 1.28. The fourth-order valence-electron chi connectivity index (χ4n) is 0.774. The molecule has 0 unspecified atom stereocenters. The lowest BCUT2D eigenvalue weighted by molar-refractivity contribution is 0.936. The maximum atomic E-state index is 8.63.